The Bertz CT molecular complexity index is 1050. The maximum atomic E-state index is 13.4. The lowest BCUT2D eigenvalue weighted by atomic mass is 9.78. The van der Waals surface area contributed by atoms with Gasteiger partial charge in [-0.05, 0) is 43.4 Å². The molecule has 1 aromatic carbocycles. The van der Waals surface area contributed by atoms with E-state index in [-0.39, 0.29) is 34.8 Å². The van der Waals surface area contributed by atoms with E-state index in [1.807, 2.05) is 13.8 Å². The molecule has 160 valence electrons. The number of ether oxygens (including phenoxy) is 1. The third kappa shape index (κ3) is 3.99. The number of allylic oxidation sites excluding steroid dienone is 1. The van der Waals surface area contributed by atoms with Gasteiger partial charge >= 0.3 is 5.97 Å². The van der Waals surface area contributed by atoms with Crippen molar-refractivity contribution < 1.29 is 22.7 Å². The lowest BCUT2D eigenvalue weighted by molar-refractivity contribution is -0.147. The minimum atomic E-state index is -3.83. The number of ketones is 1. The van der Waals surface area contributed by atoms with E-state index in [9.17, 15) is 18.0 Å². The minimum Gasteiger partial charge on any atom is -0.465 e. The molecule has 1 saturated carbocycles. The van der Waals surface area contributed by atoms with Crippen LogP contribution in [0.15, 0.2) is 65.8 Å². The predicted octanol–water partition coefficient (Wildman–Crippen LogP) is 3.94. The van der Waals surface area contributed by atoms with Gasteiger partial charge in [-0.2, -0.15) is 0 Å². The smallest absolute Gasteiger partial charge is 0.317 e. The van der Waals surface area contributed by atoms with Crippen LogP contribution in [0, 0.1) is 23.7 Å². The quantitative estimate of drug-likeness (QED) is 0.288. The van der Waals surface area contributed by atoms with Crippen LogP contribution in [-0.4, -0.2) is 30.7 Å². The number of esters is 1. The van der Waals surface area contributed by atoms with E-state index in [1.54, 1.807) is 25.1 Å². The normalized spacial score (nSPS) is 22.6. The summed E-state index contributed by atoms with van der Waals surface area (Å²) in [6, 6.07) is 9.40. The molecule has 0 amide bonds. The van der Waals surface area contributed by atoms with Gasteiger partial charge in [-0.3, -0.25) is 9.59 Å². The minimum absolute atomic E-state index is 0.0981. The molecule has 0 spiro atoms. The Morgan fingerprint density at radius 2 is 1.87 bits per heavy atom. The third-order valence-electron chi connectivity index (χ3n) is 5.85. The maximum Gasteiger partial charge on any atom is 0.317 e. The van der Waals surface area contributed by atoms with Crippen LogP contribution in [0.1, 0.15) is 37.6 Å². The number of benzene rings is 1. The third-order valence-corrected chi connectivity index (χ3v) is 7.50. The van der Waals surface area contributed by atoms with Crippen LogP contribution in [-0.2, 0) is 19.6 Å². The topological polar surface area (TPSA) is 82.4 Å². The lowest BCUT2D eigenvalue weighted by Gasteiger charge is -2.25. The van der Waals surface area contributed by atoms with Crippen molar-refractivity contribution >= 4 is 21.8 Å². The summed E-state index contributed by atoms with van der Waals surface area (Å²) in [6.07, 6.45) is 3.44. The highest BCUT2D eigenvalue weighted by atomic mass is 32.2. The summed E-state index contributed by atoms with van der Waals surface area (Å²) in [5.41, 5.74) is 1.03. The first kappa shape index (κ1) is 22.0. The van der Waals surface area contributed by atoms with Gasteiger partial charge < -0.3 is 4.74 Å². The summed E-state index contributed by atoms with van der Waals surface area (Å²) in [4.78, 5) is 26.3. The van der Waals surface area contributed by atoms with Gasteiger partial charge in [-0.25, -0.2) is 12.4 Å². The van der Waals surface area contributed by atoms with Crippen LogP contribution >= 0.6 is 0 Å². The highest BCUT2D eigenvalue weighted by Crippen LogP contribution is 2.45. The van der Waals surface area contributed by atoms with E-state index in [4.69, 9.17) is 4.74 Å². The summed E-state index contributed by atoms with van der Waals surface area (Å²) in [6.45, 7) is 10.0. The molecule has 30 heavy (non-hydrogen) atoms. The first-order valence-corrected chi connectivity index (χ1v) is 11.5. The summed E-state index contributed by atoms with van der Waals surface area (Å²) < 4.78 is 31.9. The molecule has 4 atom stereocenters. The largest absolute Gasteiger partial charge is 0.465 e. The molecule has 0 bridgehead atoms. The molecule has 2 unspecified atom stereocenters. The van der Waals surface area contributed by atoms with Gasteiger partial charge in [0.15, 0.2) is 5.78 Å². The molecule has 3 rings (SSSR count). The van der Waals surface area contributed by atoms with Gasteiger partial charge in [0.25, 0.3) is 10.0 Å². The van der Waals surface area contributed by atoms with Crippen molar-refractivity contribution in [2.45, 2.75) is 32.1 Å². The lowest BCUT2D eigenvalue weighted by Crippen LogP contribution is -2.35. The molecule has 0 N–H and O–H groups in total. The number of hydrogen-bond acceptors (Lipinski definition) is 5. The van der Waals surface area contributed by atoms with Gasteiger partial charge in [-0.15, -0.1) is 0 Å². The first-order valence-electron chi connectivity index (χ1n) is 10.1. The number of aromatic nitrogens is 1. The SMILES string of the molecule is C=C1C(C(C(=O)OCC)C(=O)c2ccn(S(=O)(=O)c3ccccc3)c2)[C@H](C)C[C@@H]1C. The highest BCUT2D eigenvalue weighted by molar-refractivity contribution is 7.90. The number of nitrogens with zero attached hydrogens (tertiary/aromatic N) is 1. The fourth-order valence-electron chi connectivity index (χ4n) is 4.31. The number of hydrogen-bond donors (Lipinski definition) is 0. The van der Waals surface area contributed by atoms with Crippen LogP contribution in [0.2, 0.25) is 0 Å². The second-order valence-corrected chi connectivity index (χ2v) is 9.70. The monoisotopic (exact) mass is 429 g/mol. The Morgan fingerprint density at radius 1 is 1.20 bits per heavy atom. The summed E-state index contributed by atoms with van der Waals surface area (Å²) in [5, 5.41) is 0. The van der Waals surface area contributed by atoms with E-state index in [0.29, 0.717) is 0 Å². The van der Waals surface area contributed by atoms with E-state index in [1.165, 1.54) is 30.6 Å². The molecular weight excluding hydrogens is 402 g/mol. The Hall–Kier alpha value is -2.67. The summed E-state index contributed by atoms with van der Waals surface area (Å²) in [7, 11) is -3.83. The second kappa shape index (κ2) is 8.60. The summed E-state index contributed by atoms with van der Waals surface area (Å²) >= 11 is 0. The Balaban J connectivity index is 1.97. The molecule has 1 fully saturated rings. The van der Waals surface area contributed by atoms with Crippen LogP contribution < -0.4 is 0 Å². The molecule has 0 radical (unpaired) electrons. The van der Waals surface area contributed by atoms with Gasteiger partial charge in [0.2, 0.25) is 0 Å². The first-order chi connectivity index (χ1) is 14.2. The average Bonchev–Trinajstić information content (AvgIpc) is 3.30. The maximum absolute atomic E-state index is 13.4. The molecule has 1 heterocycles. The second-order valence-electron chi connectivity index (χ2n) is 7.86. The number of rotatable bonds is 7. The predicted molar refractivity (Wildman–Crippen MR) is 113 cm³/mol. The van der Waals surface area contributed by atoms with E-state index >= 15 is 0 Å². The molecule has 1 aliphatic carbocycles. The van der Waals surface area contributed by atoms with Crippen molar-refractivity contribution in [2.75, 3.05) is 6.61 Å². The zero-order valence-corrected chi connectivity index (χ0v) is 18.3. The number of carbonyl (C=O) groups is 2. The summed E-state index contributed by atoms with van der Waals surface area (Å²) in [5.74, 6) is -2.09. The van der Waals surface area contributed by atoms with Crippen molar-refractivity contribution in [2.24, 2.45) is 23.7 Å². The number of carbonyl (C=O) groups excluding carboxylic acids is 2. The van der Waals surface area contributed by atoms with Crippen molar-refractivity contribution in [1.29, 1.82) is 0 Å². The molecule has 1 aromatic heterocycles. The molecule has 6 nitrogen and oxygen atoms in total. The molecule has 2 aromatic rings. The van der Waals surface area contributed by atoms with Gasteiger partial charge in [-0.1, -0.05) is 44.2 Å². The van der Waals surface area contributed by atoms with Gasteiger partial charge in [0.1, 0.15) is 5.92 Å². The Labute approximate surface area is 177 Å². The Morgan fingerprint density at radius 3 is 2.43 bits per heavy atom. The molecule has 0 aliphatic heterocycles. The molecular formula is C23H27NO5S. The fourth-order valence-corrected chi connectivity index (χ4v) is 5.52. The standard InChI is InChI=1S/C23H27NO5S/c1-5-29-23(26)21(20-16(3)13-15(2)17(20)4)22(25)18-11-12-24(14-18)30(27,28)19-9-7-6-8-10-19/h6-12,14-16,20-21H,4-5,13H2,1-3H3/t15-,16+,20?,21?/m0/s1. The van der Waals surface area contributed by atoms with Crippen LogP contribution in [0.3, 0.4) is 0 Å². The van der Waals surface area contributed by atoms with E-state index in [0.717, 1.165) is 16.0 Å². The highest BCUT2D eigenvalue weighted by Gasteiger charge is 2.45. The molecule has 7 heteroatoms. The van der Waals surface area contributed by atoms with Crippen molar-refractivity contribution in [3.05, 3.63) is 66.5 Å². The molecule has 0 saturated heterocycles. The fraction of sp³-hybridized carbons (Fsp3) is 0.391. The van der Waals surface area contributed by atoms with Crippen LogP contribution in [0.25, 0.3) is 0 Å². The van der Waals surface area contributed by atoms with Crippen molar-refractivity contribution in [1.82, 2.24) is 3.97 Å². The molecule has 1 aliphatic rings. The zero-order chi connectivity index (χ0) is 22.1. The van der Waals surface area contributed by atoms with Gasteiger partial charge in [0.05, 0.1) is 11.5 Å². The Kier molecular flexibility index (Phi) is 6.31. The van der Waals surface area contributed by atoms with E-state index in [2.05, 4.69) is 6.58 Å². The number of Topliss-reactive ketones (excluding diaryl/α,β-unsaturated/α-hetero) is 1. The van der Waals surface area contributed by atoms with Crippen LogP contribution in [0.4, 0.5) is 0 Å². The zero-order valence-electron chi connectivity index (χ0n) is 17.4. The van der Waals surface area contributed by atoms with Crippen LogP contribution in [0.5, 0.6) is 0 Å². The van der Waals surface area contributed by atoms with Crippen molar-refractivity contribution in [3.8, 4) is 0 Å². The van der Waals surface area contributed by atoms with Gasteiger partial charge in [0, 0.05) is 23.9 Å². The van der Waals surface area contributed by atoms with E-state index < -0.39 is 27.7 Å². The average molecular weight is 430 g/mol. The van der Waals surface area contributed by atoms with Crippen molar-refractivity contribution in [3.63, 3.8) is 0 Å².